The maximum absolute atomic E-state index is 12.0. The third-order valence-electron chi connectivity index (χ3n) is 4.28. The van der Waals surface area contributed by atoms with Crippen LogP contribution in [0.4, 0.5) is 10.5 Å². The van der Waals surface area contributed by atoms with E-state index in [0.29, 0.717) is 35.6 Å². The Bertz CT molecular complexity index is 853. The molecule has 2 amide bonds. The summed E-state index contributed by atoms with van der Waals surface area (Å²) in [7, 11) is 0. The van der Waals surface area contributed by atoms with Crippen molar-refractivity contribution in [3.05, 3.63) is 54.3 Å². The summed E-state index contributed by atoms with van der Waals surface area (Å²) in [4.78, 5) is 16.5. The third kappa shape index (κ3) is 3.55. The molecule has 7 nitrogen and oxygen atoms in total. The summed E-state index contributed by atoms with van der Waals surface area (Å²) in [6.07, 6.45) is 5.01. The molecule has 0 bridgehead atoms. The number of amides is 2. The Morgan fingerprint density at radius 3 is 2.92 bits per heavy atom. The number of carbonyl (C=O) groups is 1. The Hall–Kier alpha value is -3.09. The van der Waals surface area contributed by atoms with E-state index in [0.717, 1.165) is 18.4 Å². The van der Waals surface area contributed by atoms with Crippen LogP contribution in [0.1, 0.15) is 36.8 Å². The molecule has 1 saturated carbocycles. The molecule has 0 spiro atoms. The second-order valence-corrected chi connectivity index (χ2v) is 6.05. The van der Waals surface area contributed by atoms with Crippen molar-refractivity contribution in [3.63, 3.8) is 0 Å². The van der Waals surface area contributed by atoms with Crippen molar-refractivity contribution in [3.8, 4) is 11.4 Å². The van der Waals surface area contributed by atoms with E-state index < -0.39 is 0 Å². The van der Waals surface area contributed by atoms with Crippen molar-refractivity contribution >= 4 is 11.7 Å². The maximum atomic E-state index is 12.0. The lowest BCUT2D eigenvalue weighted by Gasteiger charge is -2.20. The second kappa shape index (κ2) is 6.80. The van der Waals surface area contributed by atoms with Gasteiger partial charge in [-0.1, -0.05) is 23.7 Å². The number of hydrogen-bond acceptors (Lipinski definition) is 5. The molecule has 3 aromatic rings. The quantitative estimate of drug-likeness (QED) is 0.735. The van der Waals surface area contributed by atoms with E-state index in [2.05, 4.69) is 20.8 Å². The van der Waals surface area contributed by atoms with E-state index in [-0.39, 0.29) is 6.03 Å². The first kappa shape index (κ1) is 15.4. The molecule has 1 aliphatic carbocycles. The molecule has 25 heavy (non-hydrogen) atoms. The average molecular weight is 338 g/mol. The first-order valence-corrected chi connectivity index (χ1v) is 8.29. The molecule has 2 N–H and O–H groups in total. The van der Waals surface area contributed by atoms with Gasteiger partial charge >= 0.3 is 6.03 Å². The minimum atomic E-state index is -0.309. The molecule has 1 aliphatic rings. The molecule has 0 aliphatic heterocycles. The van der Waals surface area contributed by atoms with E-state index >= 15 is 0 Å². The summed E-state index contributed by atoms with van der Waals surface area (Å²) in [6.45, 7) is 0.327. The zero-order valence-corrected chi connectivity index (χ0v) is 13.6. The fraction of sp³-hybridized carbons (Fsp3) is 0.278. The van der Waals surface area contributed by atoms with Crippen LogP contribution in [0.3, 0.4) is 0 Å². The van der Waals surface area contributed by atoms with Crippen molar-refractivity contribution in [2.45, 2.75) is 31.7 Å². The highest BCUT2D eigenvalue weighted by Gasteiger charge is 2.25. The summed E-state index contributed by atoms with van der Waals surface area (Å²) in [6, 6.07) is 10.6. The van der Waals surface area contributed by atoms with Crippen LogP contribution < -0.4 is 10.6 Å². The second-order valence-electron chi connectivity index (χ2n) is 6.05. The first-order chi connectivity index (χ1) is 12.3. The number of furan rings is 1. The van der Waals surface area contributed by atoms with Crippen LogP contribution in [-0.4, -0.2) is 16.2 Å². The van der Waals surface area contributed by atoms with Gasteiger partial charge in [-0.25, -0.2) is 4.79 Å². The van der Waals surface area contributed by atoms with Gasteiger partial charge in [0.05, 0.1) is 12.8 Å². The van der Waals surface area contributed by atoms with Crippen LogP contribution in [0.15, 0.2) is 51.6 Å². The van der Waals surface area contributed by atoms with E-state index in [9.17, 15) is 4.79 Å². The minimum Gasteiger partial charge on any atom is -0.467 e. The molecule has 0 unspecified atom stereocenters. The number of carbonyl (C=O) groups excluding carboxylic acids is 1. The van der Waals surface area contributed by atoms with Crippen LogP contribution in [0, 0.1) is 0 Å². The number of nitrogens with one attached hydrogen (secondary N) is 2. The van der Waals surface area contributed by atoms with E-state index in [1.807, 2.05) is 24.3 Å². The van der Waals surface area contributed by atoms with Gasteiger partial charge in [0.25, 0.3) is 0 Å². The fourth-order valence-electron chi connectivity index (χ4n) is 2.67. The van der Waals surface area contributed by atoms with Gasteiger partial charge in [-0.05, 0) is 37.1 Å². The summed E-state index contributed by atoms with van der Waals surface area (Å²) in [5.74, 6) is 2.34. The molecule has 0 atom stereocenters. The molecular formula is C18H18N4O3. The molecule has 0 saturated heterocycles. The van der Waals surface area contributed by atoms with Crippen molar-refractivity contribution in [1.82, 2.24) is 15.5 Å². The van der Waals surface area contributed by atoms with E-state index in [4.69, 9.17) is 8.94 Å². The van der Waals surface area contributed by atoms with Crippen LogP contribution in [0.2, 0.25) is 0 Å². The SMILES string of the molecule is O=C(NCc1ccco1)Nc1cccc(-c2noc(C3CCC3)n2)c1. The number of anilines is 1. The summed E-state index contributed by atoms with van der Waals surface area (Å²) >= 11 is 0. The molecule has 4 rings (SSSR count). The maximum Gasteiger partial charge on any atom is 0.319 e. The molecule has 128 valence electrons. The number of aromatic nitrogens is 2. The Balaban J connectivity index is 1.40. The Morgan fingerprint density at radius 2 is 2.16 bits per heavy atom. The summed E-state index contributed by atoms with van der Waals surface area (Å²) in [5, 5.41) is 9.57. The molecular weight excluding hydrogens is 320 g/mol. The van der Waals surface area contributed by atoms with E-state index in [1.54, 1.807) is 18.4 Å². The van der Waals surface area contributed by atoms with Crippen LogP contribution >= 0.6 is 0 Å². The number of nitrogens with zero attached hydrogens (tertiary/aromatic N) is 2. The largest absolute Gasteiger partial charge is 0.467 e. The molecule has 7 heteroatoms. The normalized spacial score (nSPS) is 14.1. The highest BCUT2D eigenvalue weighted by atomic mass is 16.5. The van der Waals surface area contributed by atoms with Gasteiger partial charge in [-0.3, -0.25) is 0 Å². The molecule has 1 aromatic carbocycles. The van der Waals surface area contributed by atoms with Gasteiger partial charge in [-0.15, -0.1) is 0 Å². The first-order valence-electron chi connectivity index (χ1n) is 8.29. The van der Waals surface area contributed by atoms with Crippen LogP contribution in [-0.2, 0) is 6.54 Å². The molecule has 0 radical (unpaired) electrons. The highest BCUT2D eigenvalue weighted by Crippen LogP contribution is 2.36. The Morgan fingerprint density at radius 1 is 1.24 bits per heavy atom. The lowest BCUT2D eigenvalue weighted by molar-refractivity contribution is 0.251. The predicted octanol–water partition coefficient (Wildman–Crippen LogP) is 3.92. The van der Waals surface area contributed by atoms with Gasteiger partial charge in [0.1, 0.15) is 5.76 Å². The van der Waals surface area contributed by atoms with Crippen LogP contribution in [0.5, 0.6) is 0 Å². The van der Waals surface area contributed by atoms with Gasteiger partial charge < -0.3 is 19.6 Å². The van der Waals surface area contributed by atoms with Gasteiger partial charge in [-0.2, -0.15) is 4.98 Å². The Labute approximate surface area is 144 Å². The smallest absolute Gasteiger partial charge is 0.319 e. The highest BCUT2D eigenvalue weighted by molar-refractivity contribution is 5.89. The van der Waals surface area contributed by atoms with Crippen LogP contribution in [0.25, 0.3) is 11.4 Å². The lowest BCUT2D eigenvalue weighted by Crippen LogP contribution is -2.27. The number of hydrogen-bond donors (Lipinski definition) is 2. The number of urea groups is 1. The topological polar surface area (TPSA) is 93.2 Å². The number of benzene rings is 1. The Kier molecular flexibility index (Phi) is 4.20. The monoisotopic (exact) mass is 338 g/mol. The van der Waals surface area contributed by atoms with Crippen molar-refractivity contribution in [2.75, 3.05) is 5.32 Å². The number of rotatable bonds is 5. The third-order valence-corrected chi connectivity index (χ3v) is 4.28. The summed E-state index contributed by atoms with van der Waals surface area (Å²) < 4.78 is 10.5. The van der Waals surface area contributed by atoms with Gasteiger partial charge in [0.2, 0.25) is 11.7 Å². The zero-order chi connectivity index (χ0) is 17.1. The molecule has 1 fully saturated rings. The van der Waals surface area contributed by atoms with Crippen molar-refractivity contribution in [2.24, 2.45) is 0 Å². The molecule has 2 aromatic heterocycles. The lowest BCUT2D eigenvalue weighted by atomic mass is 9.85. The van der Waals surface area contributed by atoms with Crippen molar-refractivity contribution in [1.29, 1.82) is 0 Å². The van der Waals surface area contributed by atoms with E-state index in [1.165, 1.54) is 6.42 Å². The minimum absolute atomic E-state index is 0.309. The predicted molar refractivity (Wildman–Crippen MR) is 90.9 cm³/mol. The van der Waals surface area contributed by atoms with Gasteiger partial charge in [0, 0.05) is 17.2 Å². The van der Waals surface area contributed by atoms with Gasteiger partial charge in [0.15, 0.2) is 0 Å². The average Bonchev–Trinajstić information content (AvgIpc) is 3.23. The summed E-state index contributed by atoms with van der Waals surface area (Å²) in [5.41, 5.74) is 1.46. The molecule has 2 heterocycles. The fourth-order valence-corrected chi connectivity index (χ4v) is 2.67. The zero-order valence-electron chi connectivity index (χ0n) is 13.6. The van der Waals surface area contributed by atoms with Crippen molar-refractivity contribution < 1.29 is 13.7 Å². The standard InChI is InChI=1S/C18H18N4O3/c23-18(19-11-15-8-3-9-24-15)20-14-7-2-6-13(10-14)16-21-17(25-22-16)12-4-1-5-12/h2-3,6-10,12H,1,4-5,11H2,(H2,19,20,23).